The fraction of sp³-hybridized carbons (Fsp3) is 0.500. The van der Waals surface area contributed by atoms with E-state index in [2.05, 4.69) is 45.6 Å². The first kappa shape index (κ1) is 10.0. The highest BCUT2D eigenvalue weighted by Gasteiger charge is 2.24. The molecule has 0 saturated carbocycles. The van der Waals surface area contributed by atoms with Crippen molar-refractivity contribution in [2.75, 3.05) is 6.54 Å². The topological polar surface area (TPSA) is 34.0 Å². The Labute approximate surface area is 97.0 Å². The molecule has 4 heteroatoms. The number of amides is 1. The van der Waals surface area contributed by atoms with Crippen LogP contribution in [-0.4, -0.2) is 17.0 Å². The van der Waals surface area contributed by atoms with Gasteiger partial charge in [0.15, 0.2) is 0 Å². The Morgan fingerprint density at radius 2 is 2.50 bits per heavy atom. The summed E-state index contributed by atoms with van der Waals surface area (Å²) in [7, 11) is 0. The van der Waals surface area contributed by atoms with Crippen LogP contribution in [0.5, 0.6) is 0 Å². The van der Waals surface area contributed by atoms with Gasteiger partial charge in [-0.3, -0.25) is 4.79 Å². The maximum absolute atomic E-state index is 11.5. The van der Waals surface area contributed by atoms with Gasteiger partial charge in [0.1, 0.15) is 5.69 Å². The van der Waals surface area contributed by atoms with E-state index in [1.54, 1.807) is 0 Å². The van der Waals surface area contributed by atoms with Gasteiger partial charge in [0.05, 0.1) is 6.04 Å². The quantitative estimate of drug-likeness (QED) is 0.835. The molecule has 1 amide bonds. The van der Waals surface area contributed by atoms with Crippen molar-refractivity contribution in [1.29, 1.82) is 0 Å². The highest BCUT2D eigenvalue weighted by Crippen LogP contribution is 2.23. The molecule has 14 heavy (non-hydrogen) atoms. The summed E-state index contributed by atoms with van der Waals surface area (Å²) < 4.78 is 3.25. The first-order valence-electron chi connectivity index (χ1n) is 4.88. The minimum atomic E-state index is 0.0558. The third kappa shape index (κ3) is 1.67. The van der Waals surface area contributed by atoms with Crippen molar-refractivity contribution in [3.63, 3.8) is 0 Å². The van der Waals surface area contributed by atoms with E-state index >= 15 is 0 Å². The van der Waals surface area contributed by atoms with Gasteiger partial charge < -0.3 is 9.88 Å². The number of nitrogens with one attached hydrogen (secondary N) is 1. The van der Waals surface area contributed by atoms with Gasteiger partial charge in [-0.15, -0.1) is 0 Å². The lowest BCUT2D eigenvalue weighted by Crippen LogP contribution is -2.38. The Kier molecular flexibility index (Phi) is 2.80. The SMILES string of the molecule is CCCC1CNC(=O)c2cc(I)cn21. The Balaban J connectivity index is 2.36. The van der Waals surface area contributed by atoms with Crippen LogP contribution in [0.3, 0.4) is 0 Å². The first-order valence-corrected chi connectivity index (χ1v) is 5.96. The van der Waals surface area contributed by atoms with Crippen LogP contribution in [-0.2, 0) is 0 Å². The zero-order valence-electron chi connectivity index (χ0n) is 8.09. The zero-order valence-corrected chi connectivity index (χ0v) is 10.2. The van der Waals surface area contributed by atoms with Crippen LogP contribution in [0.1, 0.15) is 36.3 Å². The van der Waals surface area contributed by atoms with Crippen LogP contribution in [0.4, 0.5) is 0 Å². The van der Waals surface area contributed by atoms with Gasteiger partial charge >= 0.3 is 0 Å². The molecule has 1 aliphatic heterocycles. The summed E-state index contributed by atoms with van der Waals surface area (Å²) >= 11 is 2.25. The number of carbonyl (C=O) groups excluding carboxylic acids is 1. The molecule has 3 nitrogen and oxygen atoms in total. The highest BCUT2D eigenvalue weighted by molar-refractivity contribution is 14.1. The molecule has 0 radical (unpaired) electrons. The molecule has 0 bridgehead atoms. The largest absolute Gasteiger partial charge is 0.349 e. The van der Waals surface area contributed by atoms with Crippen molar-refractivity contribution in [2.45, 2.75) is 25.8 Å². The lowest BCUT2D eigenvalue weighted by Gasteiger charge is -2.25. The van der Waals surface area contributed by atoms with Gasteiger partial charge in [0, 0.05) is 16.3 Å². The number of aromatic nitrogens is 1. The number of carbonyl (C=O) groups is 1. The summed E-state index contributed by atoms with van der Waals surface area (Å²) in [6, 6.07) is 2.38. The molecule has 0 saturated heterocycles. The lowest BCUT2D eigenvalue weighted by molar-refractivity contribution is 0.0913. The van der Waals surface area contributed by atoms with E-state index in [0.29, 0.717) is 6.04 Å². The summed E-state index contributed by atoms with van der Waals surface area (Å²) in [5.74, 6) is 0.0558. The van der Waals surface area contributed by atoms with Crippen LogP contribution in [0, 0.1) is 3.57 Å². The van der Waals surface area contributed by atoms with Crippen molar-refractivity contribution >= 4 is 28.5 Å². The fourth-order valence-electron chi connectivity index (χ4n) is 1.90. The fourth-order valence-corrected chi connectivity index (χ4v) is 2.50. The van der Waals surface area contributed by atoms with Crippen molar-refractivity contribution in [2.24, 2.45) is 0 Å². The second-order valence-corrected chi connectivity index (χ2v) is 4.85. The first-order chi connectivity index (χ1) is 6.72. The second-order valence-electron chi connectivity index (χ2n) is 3.60. The average Bonchev–Trinajstić information content (AvgIpc) is 2.53. The molecular formula is C10H13IN2O. The molecule has 1 unspecified atom stereocenters. The minimum Gasteiger partial charge on any atom is -0.349 e. The smallest absolute Gasteiger partial charge is 0.268 e. The van der Waals surface area contributed by atoms with Gasteiger partial charge in [-0.05, 0) is 35.1 Å². The minimum absolute atomic E-state index is 0.0558. The molecule has 76 valence electrons. The average molecular weight is 304 g/mol. The molecule has 0 spiro atoms. The molecule has 2 heterocycles. The van der Waals surface area contributed by atoms with Crippen molar-refractivity contribution in [3.05, 3.63) is 21.5 Å². The molecule has 1 aliphatic rings. The maximum atomic E-state index is 11.5. The van der Waals surface area contributed by atoms with E-state index in [1.165, 1.54) is 0 Å². The van der Waals surface area contributed by atoms with E-state index in [4.69, 9.17) is 0 Å². The number of nitrogens with zero attached hydrogens (tertiary/aromatic N) is 1. The zero-order chi connectivity index (χ0) is 10.1. The van der Waals surface area contributed by atoms with E-state index in [-0.39, 0.29) is 5.91 Å². The Hall–Kier alpha value is -0.520. The summed E-state index contributed by atoms with van der Waals surface area (Å²) in [6.07, 6.45) is 4.34. The number of hydrogen-bond acceptors (Lipinski definition) is 1. The van der Waals surface area contributed by atoms with Gasteiger partial charge in [0.25, 0.3) is 5.91 Å². The van der Waals surface area contributed by atoms with E-state index < -0.39 is 0 Å². The van der Waals surface area contributed by atoms with Crippen LogP contribution < -0.4 is 5.32 Å². The summed E-state index contributed by atoms with van der Waals surface area (Å²) in [4.78, 5) is 11.5. The van der Waals surface area contributed by atoms with Crippen LogP contribution in [0.25, 0.3) is 0 Å². The molecule has 1 aromatic heterocycles. The summed E-state index contributed by atoms with van der Waals surface area (Å²) in [5.41, 5.74) is 0.805. The predicted molar refractivity (Wildman–Crippen MR) is 63.4 cm³/mol. The molecule has 1 atom stereocenters. The standard InChI is InChI=1S/C10H13IN2O/c1-2-3-8-5-12-10(14)9-4-7(11)6-13(8)9/h4,6,8H,2-3,5H2,1H3,(H,12,14). The lowest BCUT2D eigenvalue weighted by atomic mass is 10.1. The van der Waals surface area contributed by atoms with Crippen LogP contribution in [0.2, 0.25) is 0 Å². The number of fused-ring (bicyclic) bond motifs is 1. The molecular weight excluding hydrogens is 291 g/mol. The Morgan fingerprint density at radius 3 is 3.21 bits per heavy atom. The van der Waals surface area contributed by atoms with Crippen molar-refractivity contribution in [1.82, 2.24) is 9.88 Å². The van der Waals surface area contributed by atoms with Crippen molar-refractivity contribution in [3.8, 4) is 0 Å². The molecule has 0 aliphatic carbocycles. The molecule has 1 aromatic rings. The predicted octanol–water partition coefficient (Wildman–Crippen LogP) is 2.18. The normalized spacial score (nSPS) is 20.4. The monoisotopic (exact) mass is 304 g/mol. The Morgan fingerprint density at radius 1 is 1.71 bits per heavy atom. The maximum Gasteiger partial charge on any atom is 0.268 e. The number of halogens is 1. The van der Waals surface area contributed by atoms with Gasteiger partial charge in [-0.25, -0.2) is 0 Å². The summed E-state index contributed by atoms with van der Waals surface area (Å²) in [5, 5.41) is 2.92. The third-order valence-electron chi connectivity index (χ3n) is 2.56. The number of rotatable bonds is 2. The van der Waals surface area contributed by atoms with Crippen LogP contribution >= 0.6 is 22.6 Å². The molecule has 1 N–H and O–H groups in total. The number of hydrogen-bond donors (Lipinski definition) is 1. The molecule has 2 rings (SSSR count). The van der Waals surface area contributed by atoms with Gasteiger partial charge in [-0.1, -0.05) is 13.3 Å². The van der Waals surface area contributed by atoms with E-state index in [1.807, 2.05) is 6.07 Å². The van der Waals surface area contributed by atoms with E-state index in [9.17, 15) is 4.79 Å². The van der Waals surface area contributed by atoms with Gasteiger partial charge in [-0.2, -0.15) is 0 Å². The third-order valence-corrected chi connectivity index (χ3v) is 3.15. The molecule has 0 fully saturated rings. The van der Waals surface area contributed by atoms with Crippen LogP contribution in [0.15, 0.2) is 12.3 Å². The van der Waals surface area contributed by atoms with E-state index in [0.717, 1.165) is 28.7 Å². The highest BCUT2D eigenvalue weighted by atomic mass is 127. The second kappa shape index (κ2) is 3.92. The Bertz CT molecular complexity index is 359. The summed E-state index contributed by atoms with van der Waals surface area (Å²) in [6.45, 7) is 2.94. The van der Waals surface area contributed by atoms with Gasteiger partial charge in [0.2, 0.25) is 0 Å². The molecule has 0 aromatic carbocycles. The van der Waals surface area contributed by atoms with Crippen molar-refractivity contribution < 1.29 is 4.79 Å².